The molecule has 0 fully saturated rings. The molecular weight excluding hydrogens is 390 g/mol. The number of ether oxygens (including phenoxy) is 4. The van der Waals surface area contributed by atoms with Crippen LogP contribution in [0.15, 0.2) is 24.0 Å². The number of alkyl carbamates (subject to hydrolysis) is 1. The maximum absolute atomic E-state index is 11.8. The summed E-state index contributed by atoms with van der Waals surface area (Å²) >= 11 is 0. The fraction of sp³-hybridized carbons (Fsp3) is 0.545. The minimum absolute atomic E-state index is 0.145. The zero-order chi connectivity index (χ0) is 22.7. The summed E-state index contributed by atoms with van der Waals surface area (Å²) in [7, 11) is 0. The van der Waals surface area contributed by atoms with E-state index in [1.54, 1.807) is 45.9 Å². The third-order valence-electron chi connectivity index (χ3n) is 3.77. The van der Waals surface area contributed by atoms with E-state index in [2.05, 4.69) is 5.32 Å². The number of esters is 1. The molecule has 1 amide bonds. The second-order valence-electron chi connectivity index (χ2n) is 7.20. The van der Waals surface area contributed by atoms with E-state index in [4.69, 9.17) is 18.9 Å². The van der Waals surface area contributed by atoms with E-state index >= 15 is 0 Å². The molecule has 1 rings (SSSR count). The number of nitrogens with one attached hydrogen (secondary N) is 1. The first kappa shape index (κ1) is 25.3. The summed E-state index contributed by atoms with van der Waals surface area (Å²) in [6.07, 6.45) is 1.26. The Balaban J connectivity index is 2.92. The molecule has 0 unspecified atom stereocenters. The van der Waals surface area contributed by atoms with Crippen LogP contribution in [0.5, 0.6) is 11.5 Å². The van der Waals surface area contributed by atoms with Crippen molar-refractivity contribution in [2.75, 3.05) is 13.2 Å². The summed E-state index contributed by atoms with van der Waals surface area (Å²) in [5.74, 6) is 0.718. The predicted octanol–water partition coefficient (Wildman–Crippen LogP) is 3.49. The van der Waals surface area contributed by atoms with Gasteiger partial charge in [0.2, 0.25) is 0 Å². The van der Waals surface area contributed by atoms with E-state index in [0.29, 0.717) is 35.8 Å². The first-order valence-electron chi connectivity index (χ1n) is 10.00. The van der Waals surface area contributed by atoms with Crippen LogP contribution in [-0.2, 0) is 27.3 Å². The Labute approximate surface area is 178 Å². The Morgan fingerprint density at radius 1 is 1.17 bits per heavy atom. The molecule has 0 spiro atoms. The first-order valence-corrected chi connectivity index (χ1v) is 10.00. The molecule has 1 aromatic rings. The van der Waals surface area contributed by atoms with Crippen molar-refractivity contribution in [2.45, 2.75) is 66.8 Å². The lowest BCUT2D eigenvalue weighted by Gasteiger charge is -2.19. The predicted molar refractivity (Wildman–Crippen MR) is 112 cm³/mol. The molecule has 0 bridgehead atoms. The van der Waals surface area contributed by atoms with Gasteiger partial charge in [0, 0.05) is 12.1 Å². The molecule has 0 radical (unpaired) electrons. The molecule has 8 heteroatoms. The van der Waals surface area contributed by atoms with Crippen LogP contribution in [0.1, 0.15) is 52.7 Å². The highest BCUT2D eigenvalue weighted by Gasteiger charge is 2.17. The number of aliphatic hydroxyl groups is 1. The number of carbonyl (C=O) groups is 2. The summed E-state index contributed by atoms with van der Waals surface area (Å²) in [6, 6.07) is 3.52. The van der Waals surface area contributed by atoms with Crippen molar-refractivity contribution in [1.82, 2.24) is 5.32 Å². The highest BCUT2D eigenvalue weighted by atomic mass is 16.6. The topological polar surface area (TPSA) is 103 Å². The number of hydrogen-bond donors (Lipinski definition) is 2. The quantitative estimate of drug-likeness (QED) is 0.415. The van der Waals surface area contributed by atoms with Gasteiger partial charge in [0.15, 0.2) is 18.1 Å². The Hall–Kier alpha value is -2.74. The van der Waals surface area contributed by atoms with Crippen molar-refractivity contribution >= 4 is 12.1 Å². The van der Waals surface area contributed by atoms with E-state index in [-0.39, 0.29) is 25.4 Å². The molecule has 0 aliphatic heterocycles. The molecule has 0 heterocycles. The fourth-order valence-electron chi connectivity index (χ4n) is 2.47. The molecule has 30 heavy (non-hydrogen) atoms. The number of hydrogen-bond acceptors (Lipinski definition) is 7. The van der Waals surface area contributed by atoms with Crippen molar-refractivity contribution in [3.8, 4) is 11.5 Å². The number of allylic oxidation sites excluding steroid dienone is 2. The Morgan fingerprint density at radius 2 is 1.87 bits per heavy atom. The highest BCUT2D eigenvalue weighted by molar-refractivity contribution is 5.71. The van der Waals surface area contributed by atoms with Gasteiger partial charge in [-0.3, -0.25) is 0 Å². The van der Waals surface area contributed by atoms with E-state index in [0.717, 1.165) is 5.56 Å². The van der Waals surface area contributed by atoms with Gasteiger partial charge in [0.25, 0.3) is 0 Å². The molecule has 8 nitrogen and oxygen atoms in total. The van der Waals surface area contributed by atoms with Gasteiger partial charge < -0.3 is 29.4 Å². The zero-order valence-corrected chi connectivity index (χ0v) is 18.6. The van der Waals surface area contributed by atoms with Crippen LogP contribution in [0.4, 0.5) is 4.79 Å². The average molecular weight is 424 g/mol. The molecule has 0 aromatic heterocycles. The van der Waals surface area contributed by atoms with Crippen LogP contribution < -0.4 is 14.8 Å². The van der Waals surface area contributed by atoms with Gasteiger partial charge in [-0.15, -0.1) is 0 Å². The van der Waals surface area contributed by atoms with Gasteiger partial charge >= 0.3 is 12.1 Å². The maximum atomic E-state index is 11.8. The second kappa shape index (κ2) is 12.7. The number of amides is 1. The Morgan fingerprint density at radius 3 is 2.43 bits per heavy atom. The summed E-state index contributed by atoms with van der Waals surface area (Å²) in [5.41, 5.74) is 1.31. The molecule has 0 aliphatic carbocycles. The SMILES string of the molecule is C/C=C(\C)OC(=O)NCCc1cc(CO)c(OCC(=O)OC(C)C)c(OC(C)C)c1. The lowest BCUT2D eigenvalue weighted by Crippen LogP contribution is -2.26. The normalized spacial score (nSPS) is 11.4. The van der Waals surface area contributed by atoms with E-state index in [1.165, 1.54) is 0 Å². The summed E-state index contributed by atoms with van der Waals surface area (Å²) in [6.45, 7) is 10.4. The van der Waals surface area contributed by atoms with Gasteiger partial charge in [0.1, 0.15) is 5.76 Å². The Kier molecular flexibility index (Phi) is 10.7. The van der Waals surface area contributed by atoms with Crippen molar-refractivity contribution in [3.63, 3.8) is 0 Å². The smallest absolute Gasteiger partial charge is 0.412 e. The van der Waals surface area contributed by atoms with Crippen molar-refractivity contribution < 1.29 is 33.6 Å². The number of carbonyl (C=O) groups excluding carboxylic acids is 2. The number of benzene rings is 1. The van der Waals surface area contributed by atoms with E-state index in [9.17, 15) is 14.7 Å². The van der Waals surface area contributed by atoms with Crippen LogP contribution in [-0.4, -0.2) is 42.5 Å². The van der Waals surface area contributed by atoms with Crippen LogP contribution in [0.2, 0.25) is 0 Å². The summed E-state index contributed by atoms with van der Waals surface area (Å²) < 4.78 is 21.6. The number of rotatable bonds is 11. The minimum atomic E-state index is -0.532. The van der Waals surface area contributed by atoms with Gasteiger partial charge in [-0.2, -0.15) is 0 Å². The molecule has 1 aromatic carbocycles. The first-order chi connectivity index (χ1) is 14.2. The molecule has 2 N–H and O–H groups in total. The Bertz CT molecular complexity index is 741. The maximum Gasteiger partial charge on any atom is 0.412 e. The van der Waals surface area contributed by atoms with Gasteiger partial charge in [0.05, 0.1) is 18.8 Å². The minimum Gasteiger partial charge on any atom is -0.487 e. The lowest BCUT2D eigenvalue weighted by atomic mass is 10.1. The molecule has 0 atom stereocenters. The molecule has 0 saturated heterocycles. The molecule has 168 valence electrons. The van der Waals surface area contributed by atoms with Crippen molar-refractivity contribution in [3.05, 3.63) is 35.1 Å². The fourth-order valence-corrected chi connectivity index (χ4v) is 2.47. The van der Waals surface area contributed by atoms with E-state index < -0.39 is 12.1 Å². The number of aliphatic hydroxyl groups excluding tert-OH is 1. The van der Waals surface area contributed by atoms with Crippen LogP contribution in [0.25, 0.3) is 0 Å². The van der Waals surface area contributed by atoms with Crippen LogP contribution >= 0.6 is 0 Å². The largest absolute Gasteiger partial charge is 0.487 e. The zero-order valence-electron chi connectivity index (χ0n) is 18.6. The van der Waals surface area contributed by atoms with Crippen molar-refractivity contribution in [2.24, 2.45) is 0 Å². The highest BCUT2D eigenvalue weighted by Crippen LogP contribution is 2.34. The van der Waals surface area contributed by atoms with Gasteiger partial charge in [-0.25, -0.2) is 9.59 Å². The van der Waals surface area contributed by atoms with Crippen LogP contribution in [0.3, 0.4) is 0 Å². The monoisotopic (exact) mass is 423 g/mol. The average Bonchev–Trinajstić information content (AvgIpc) is 2.65. The van der Waals surface area contributed by atoms with Gasteiger partial charge in [-0.05, 0) is 71.7 Å². The van der Waals surface area contributed by atoms with E-state index in [1.807, 2.05) is 13.8 Å². The molecular formula is C22H33NO7. The molecule has 0 saturated carbocycles. The van der Waals surface area contributed by atoms with Crippen molar-refractivity contribution in [1.29, 1.82) is 0 Å². The molecule has 0 aliphatic rings. The van der Waals surface area contributed by atoms with Crippen LogP contribution in [0, 0.1) is 0 Å². The second-order valence-corrected chi connectivity index (χ2v) is 7.20. The third kappa shape index (κ3) is 9.17. The standard InChI is InChI=1S/C22H33NO7/c1-7-16(6)30-22(26)23-9-8-17-10-18(12-24)21(19(11-17)28-14(2)3)27-13-20(25)29-15(4)5/h7,10-11,14-15,24H,8-9,12-13H2,1-6H3,(H,23,26)/b16-7+. The summed E-state index contributed by atoms with van der Waals surface area (Å²) in [5, 5.41) is 12.5. The summed E-state index contributed by atoms with van der Waals surface area (Å²) in [4.78, 5) is 23.5. The van der Waals surface area contributed by atoms with Gasteiger partial charge in [-0.1, -0.05) is 0 Å². The third-order valence-corrected chi connectivity index (χ3v) is 3.77. The lowest BCUT2D eigenvalue weighted by molar-refractivity contribution is -0.149.